The zero-order valence-corrected chi connectivity index (χ0v) is 12.3. The van der Waals surface area contributed by atoms with Crippen molar-refractivity contribution in [3.05, 3.63) is 33.4 Å². The summed E-state index contributed by atoms with van der Waals surface area (Å²) < 4.78 is 0.920. The van der Waals surface area contributed by atoms with Gasteiger partial charge in [-0.15, -0.1) is 0 Å². The highest BCUT2D eigenvalue weighted by Gasteiger charge is 2.19. The topological polar surface area (TPSA) is 49.3 Å². The number of rotatable bonds is 5. The third-order valence-electron chi connectivity index (χ3n) is 2.96. The molecule has 0 aliphatic carbocycles. The van der Waals surface area contributed by atoms with Gasteiger partial charge in [-0.2, -0.15) is 0 Å². The lowest BCUT2D eigenvalue weighted by atomic mass is 9.99. The second kappa shape index (κ2) is 6.96. The lowest BCUT2D eigenvalue weighted by Crippen LogP contribution is -2.42. The molecule has 0 spiro atoms. The van der Waals surface area contributed by atoms with Gasteiger partial charge in [0, 0.05) is 3.57 Å². The fourth-order valence-electron chi connectivity index (χ4n) is 1.54. The highest BCUT2D eigenvalue weighted by molar-refractivity contribution is 14.1. The van der Waals surface area contributed by atoms with E-state index < -0.39 is 0 Å². The van der Waals surface area contributed by atoms with Gasteiger partial charge in [-0.1, -0.05) is 32.4 Å². The summed E-state index contributed by atoms with van der Waals surface area (Å²) in [6.07, 6.45) is 0.928. The Morgan fingerprint density at radius 3 is 2.65 bits per heavy atom. The molecule has 0 heterocycles. The first-order chi connectivity index (χ1) is 8.10. The molecule has 0 aromatic heterocycles. The molecule has 0 saturated heterocycles. The van der Waals surface area contributed by atoms with E-state index in [0.29, 0.717) is 5.56 Å². The highest BCUT2D eigenvalue weighted by atomic mass is 127. The Morgan fingerprint density at radius 1 is 1.47 bits per heavy atom. The molecule has 1 rings (SSSR count). The maximum atomic E-state index is 12.0. The standard InChI is InChI=1S/C13H18INO2/c1-3-9(2)12(8-16)15-13(17)10-6-4-5-7-11(10)14/h4-7,9,12,16H,3,8H2,1-2H3,(H,15,17)/t9-,12+/m0/s1. The third-order valence-corrected chi connectivity index (χ3v) is 3.90. The van der Waals surface area contributed by atoms with Crippen molar-refractivity contribution in [2.75, 3.05) is 6.61 Å². The first kappa shape index (κ1) is 14.4. The van der Waals surface area contributed by atoms with Crippen molar-refractivity contribution in [3.8, 4) is 0 Å². The van der Waals surface area contributed by atoms with Gasteiger partial charge in [0.2, 0.25) is 0 Å². The van der Waals surface area contributed by atoms with Gasteiger partial charge >= 0.3 is 0 Å². The minimum atomic E-state index is -0.177. The summed E-state index contributed by atoms with van der Waals surface area (Å²) in [5.41, 5.74) is 0.662. The van der Waals surface area contributed by atoms with Crippen molar-refractivity contribution >= 4 is 28.5 Å². The zero-order chi connectivity index (χ0) is 12.8. The van der Waals surface area contributed by atoms with E-state index in [2.05, 4.69) is 27.9 Å². The Morgan fingerprint density at radius 2 is 2.12 bits per heavy atom. The molecule has 0 bridgehead atoms. The molecule has 3 nitrogen and oxygen atoms in total. The number of carbonyl (C=O) groups excluding carboxylic acids is 1. The van der Waals surface area contributed by atoms with E-state index in [0.717, 1.165) is 9.99 Å². The first-order valence-corrected chi connectivity index (χ1v) is 6.84. The SMILES string of the molecule is CC[C@H](C)[C@@H](CO)NC(=O)c1ccccc1I. The van der Waals surface area contributed by atoms with Gasteiger partial charge in [0.25, 0.3) is 5.91 Å². The van der Waals surface area contributed by atoms with Crippen LogP contribution in [0.2, 0.25) is 0 Å². The van der Waals surface area contributed by atoms with Crippen molar-refractivity contribution in [1.82, 2.24) is 5.32 Å². The minimum Gasteiger partial charge on any atom is -0.394 e. The smallest absolute Gasteiger partial charge is 0.252 e. The number of aliphatic hydroxyl groups excluding tert-OH is 1. The summed E-state index contributed by atoms with van der Waals surface area (Å²) in [7, 11) is 0. The second-order valence-corrected chi connectivity index (χ2v) is 5.29. The number of nitrogens with one attached hydrogen (secondary N) is 1. The molecule has 4 heteroatoms. The molecule has 2 N–H and O–H groups in total. The Labute approximate surface area is 116 Å². The average molecular weight is 347 g/mol. The van der Waals surface area contributed by atoms with Gasteiger partial charge in [0.15, 0.2) is 0 Å². The fourth-order valence-corrected chi connectivity index (χ4v) is 2.18. The van der Waals surface area contributed by atoms with E-state index in [-0.39, 0.29) is 24.5 Å². The molecule has 0 fully saturated rings. The van der Waals surface area contributed by atoms with Gasteiger partial charge < -0.3 is 10.4 Å². The number of benzene rings is 1. The normalized spacial score (nSPS) is 14.1. The summed E-state index contributed by atoms with van der Waals surface area (Å²) in [6.45, 7) is 4.05. The fraction of sp³-hybridized carbons (Fsp3) is 0.462. The number of hydrogen-bond acceptors (Lipinski definition) is 2. The number of aliphatic hydroxyl groups is 1. The average Bonchev–Trinajstić information content (AvgIpc) is 2.35. The number of hydrogen-bond donors (Lipinski definition) is 2. The van der Waals surface area contributed by atoms with Crippen LogP contribution in [0.25, 0.3) is 0 Å². The Kier molecular flexibility index (Phi) is 5.91. The molecule has 0 unspecified atom stereocenters. The van der Waals surface area contributed by atoms with Gasteiger partial charge in [0.05, 0.1) is 18.2 Å². The number of amides is 1. The van der Waals surface area contributed by atoms with Crippen molar-refractivity contribution in [2.45, 2.75) is 26.3 Å². The lowest BCUT2D eigenvalue weighted by molar-refractivity contribution is 0.0890. The lowest BCUT2D eigenvalue weighted by Gasteiger charge is -2.22. The molecule has 0 saturated carbocycles. The van der Waals surface area contributed by atoms with Crippen LogP contribution in [-0.2, 0) is 0 Å². The molecule has 1 aromatic carbocycles. The van der Waals surface area contributed by atoms with Crippen molar-refractivity contribution in [1.29, 1.82) is 0 Å². The third kappa shape index (κ3) is 3.96. The van der Waals surface area contributed by atoms with Crippen LogP contribution in [0, 0.1) is 9.49 Å². The van der Waals surface area contributed by atoms with Crippen LogP contribution >= 0.6 is 22.6 Å². The summed E-state index contributed by atoms with van der Waals surface area (Å²) in [4.78, 5) is 12.0. The van der Waals surface area contributed by atoms with Crippen LogP contribution in [0.3, 0.4) is 0 Å². The van der Waals surface area contributed by atoms with E-state index >= 15 is 0 Å². The van der Waals surface area contributed by atoms with Crippen LogP contribution in [0.4, 0.5) is 0 Å². The van der Waals surface area contributed by atoms with E-state index in [9.17, 15) is 9.90 Å². The molecule has 1 aromatic rings. The van der Waals surface area contributed by atoms with Crippen LogP contribution in [0.1, 0.15) is 30.6 Å². The van der Waals surface area contributed by atoms with Gasteiger partial charge in [-0.3, -0.25) is 4.79 Å². The zero-order valence-electron chi connectivity index (χ0n) is 10.1. The van der Waals surface area contributed by atoms with E-state index in [1.165, 1.54) is 0 Å². The largest absolute Gasteiger partial charge is 0.394 e. The van der Waals surface area contributed by atoms with Gasteiger partial charge in [0.1, 0.15) is 0 Å². The Balaban J connectivity index is 2.75. The monoisotopic (exact) mass is 347 g/mol. The van der Waals surface area contributed by atoms with Crippen LogP contribution in [0.5, 0.6) is 0 Å². The summed E-state index contributed by atoms with van der Waals surface area (Å²) in [5, 5.41) is 12.2. The van der Waals surface area contributed by atoms with Crippen molar-refractivity contribution < 1.29 is 9.90 Å². The molecule has 0 radical (unpaired) electrons. The molecular formula is C13H18INO2. The second-order valence-electron chi connectivity index (χ2n) is 4.13. The molecule has 17 heavy (non-hydrogen) atoms. The molecule has 0 aliphatic heterocycles. The van der Waals surface area contributed by atoms with Crippen LogP contribution in [0.15, 0.2) is 24.3 Å². The summed E-state index contributed by atoms with van der Waals surface area (Å²) in [5.74, 6) is 0.152. The van der Waals surface area contributed by atoms with E-state index in [1.54, 1.807) is 6.07 Å². The van der Waals surface area contributed by atoms with E-state index in [1.807, 2.05) is 32.0 Å². The molecule has 0 aliphatic rings. The molecule has 1 amide bonds. The summed E-state index contributed by atoms with van der Waals surface area (Å²) >= 11 is 2.14. The Bertz CT molecular complexity index is 381. The maximum absolute atomic E-state index is 12.0. The molecule has 2 atom stereocenters. The first-order valence-electron chi connectivity index (χ1n) is 5.76. The van der Waals surface area contributed by atoms with Crippen LogP contribution < -0.4 is 5.32 Å². The van der Waals surface area contributed by atoms with Crippen molar-refractivity contribution in [2.24, 2.45) is 5.92 Å². The molecule has 94 valence electrons. The number of halogens is 1. The number of carbonyl (C=O) groups is 1. The quantitative estimate of drug-likeness (QED) is 0.804. The highest BCUT2D eigenvalue weighted by Crippen LogP contribution is 2.13. The van der Waals surface area contributed by atoms with Crippen LogP contribution in [-0.4, -0.2) is 23.7 Å². The predicted octanol–water partition coefficient (Wildman–Crippen LogP) is 2.43. The Hall–Kier alpha value is -0.620. The predicted molar refractivity (Wildman–Crippen MR) is 77.0 cm³/mol. The van der Waals surface area contributed by atoms with Crippen molar-refractivity contribution in [3.63, 3.8) is 0 Å². The van der Waals surface area contributed by atoms with E-state index in [4.69, 9.17) is 0 Å². The molecular weight excluding hydrogens is 329 g/mol. The van der Waals surface area contributed by atoms with Gasteiger partial charge in [-0.05, 0) is 40.6 Å². The van der Waals surface area contributed by atoms with Gasteiger partial charge in [-0.25, -0.2) is 0 Å². The summed E-state index contributed by atoms with van der Waals surface area (Å²) in [6, 6.07) is 7.25. The minimum absolute atomic E-state index is 0.0237. The maximum Gasteiger partial charge on any atom is 0.252 e.